The number of rotatable bonds is 24. The van der Waals surface area contributed by atoms with Crippen molar-refractivity contribution in [3.63, 3.8) is 0 Å². The predicted octanol–water partition coefficient (Wildman–Crippen LogP) is 2.58. The van der Waals surface area contributed by atoms with E-state index in [1.165, 1.54) is 26.3 Å². The fourth-order valence-electron chi connectivity index (χ4n) is 9.10. The highest BCUT2D eigenvalue weighted by Gasteiger charge is 2.40. The van der Waals surface area contributed by atoms with Gasteiger partial charge in [0.15, 0.2) is 0 Å². The van der Waals surface area contributed by atoms with Crippen molar-refractivity contribution in [2.45, 2.75) is 84.4 Å². The minimum absolute atomic E-state index is 0.0313. The Morgan fingerprint density at radius 1 is 0.846 bits per heavy atom. The molecule has 0 aliphatic carbocycles. The third kappa shape index (κ3) is 12.5. The summed E-state index contributed by atoms with van der Waals surface area (Å²) in [5, 5.41) is 23.0. The molecule has 8 rings (SSSR count). The van der Waals surface area contributed by atoms with Crippen LogP contribution in [0.1, 0.15) is 86.2 Å². The molecule has 2 aliphatic heterocycles. The summed E-state index contributed by atoms with van der Waals surface area (Å²) < 4.78 is 18.7. The number of imide groups is 1. The van der Waals surface area contributed by atoms with Crippen LogP contribution in [0.2, 0.25) is 0 Å². The van der Waals surface area contributed by atoms with Crippen molar-refractivity contribution >= 4 is 93.4 Å². The highest BCUT2D eigenvalue weighted by Crippen LogP contribution is 2.34. The second kappa shape index (κ2) is 25.2. The number of aldehydes is 1. The summed E-state index contributed by atoms with van der Waals surface area (Å²) in [5.74, 6) is -3.04. The maximum absolute atomic E-state index is 13.9. The molecular weight excluding hydrogens is 1030 g/mol. The molecule has 6 heterocycles. The number of anilines is 2. The Morgan fingerprint density at radius 2 is 1.41 bits per heavy atom. The van der Waals surface area contributed by atoms with Crippen LogP contribution in [0.15, 0.2) is 48.6 Å². The van der Waals surface area contributed by atoms with Gasteiger partial charge in [-0.25, -0.2) is 9.97 Å². The molecule has 0 spiro atoms. The number of amides is 6. The van der Waals surface area contributed by atoms with Gasteiger partial charge >= 0.3 is 5.97 Å². The van der Waals surface area contributed by atoms with Gasteiger partial charge in [0.2, 0.25) is 35.5 Å². The average Bonchev–Trinajstić information content (AvgIpc) is 4.28. The average molecular weight is 1090 g/mol. The molecule has 2 fully saturated rings. The van der Waals surface area contributed by atoms with Crippen molar-refractivity contribution in [1.29, 1.82) is 0 Å². The molecule has 6 aromatic rings. The molecule has 2 aliphatic rings. The van der Waals surface area contributed by atoms with Crippen molar-refractivity contribution < 1.29 is 52.9 Å². The Kier molecular flexibility index (Phi) is 18.5. The second-order valence-electron chi connectivity index (χ2n) is 18.3. The highest BCUT2D eigenvalue weighted by molar-refractivity contribution is 8.00. The van der Waals surface area contributed by atoms with Crippen LogP contribution < -0.4 is 37.3 Å². The minimum atomic E-state index is -1.20. The van der Waals surface area contributed by atoms with Crippen molar-refractivity contribution in [1.82, 2.24) is 48.5 Å². The molecule has 26 nitrogen and oxygen atoms in total. The van der Waals surface area contributed by atoms with Crippen LogP contribution in [-0.2, 0) is 45.4 Å². The summed E-state index contributed by atoms with van der Waals surface area (Å²) in [6.07, 6.45) is 4.68. The van der Waals surface area contributed by atoms with Crippen LogP contribution in [-0.4, -0.2) is 159 Å². The van der Waals surface area contributed by atoms with Gasteiger partial charge in [-0.1, -0.05) is 12.2 Å². The van der Waals surface area contributed by atoms with Crippen LogP contribution >= 0.6 is 11.8 Å². The van der Waals surface area contributed by atoms with Crippen LogP contribution in [0.3, 0.4) is 0 Å². The number of nitrogens with one attached hydrogen (secondary N) is 2. The number of likely N-dealkylation sites (tertiary alicyclic amines) is 2. The topological polar surface area (TPSA) is 355 Å². The second-order valence-corrected chi connectivity index (χ2v) is 19.5. The zero-order valence-corrected chi connectivity index (χ0v) is 44.9. The minimum Gasteiger partial charge on any atom is -0.494 e. The number of carbonyl (C=O) groups excluding carboxylic acids is 7. The molecule has 6 amide bonds. The Hall–Kier alpha value is -8.43. The monoisotopic (exact) mass is 1090 g/mol. The zero-order chi connectivity index (χ0) is 56.5. The molecule has 2 unspecified atom stereocenters. The SMILES string of the molecule is CCn1nc(C)cc1C(=O)Nc1nc2cc(C(N)=O)cc(OC)c2n1C/C=C/Cn1c(NC(=O)c2cc(C)nn2CC)nc2cc(C=O)cc(OCCC3CN(C(=O)CCN4C(=O)CC(SCC(N)C(=O)O)C4=O)C3)c21.CN. The number of aliphatic carboxylic acids is 1. The van der Waals surface area contributed by atoms with Gasteiger partial charge in [-0.15, -0.1) is 11.8 Å². The normalized spacial score (nSPS) is 14.9. The van der Waals surface area contributed by atoms with E-state index in [0.29, 0.717) is 89.5 Å². The number of ether oxygens (including phenoxy) is 2. The first-order valence-corrected chi connectivity index (χ1v) is 26.1. The summed E-state index contributed by atoms with van der Waals surface area (Å²) in [7, 11) is 2.94. The summed E-state index contributed by atoms with van der Waals surface area (Å²) in [6.45, 7) is 9.34. The van der Waals surface area contributed by atoms with E-state index in [-0.39, 0.29) is 85.4 Å². The zero-order valence-electron chi connectivity index (χ0n) is 44.1. The number of aromatic nitrogens is 8. The number of benzene rings is 2. The van der Waals surface area contributed by atoms with E-state index in [0.717, 1.165) is 16.7 Å². The molecule has 0 radical (unpaired) electrons. The van der Waals surface area contributed by atoms with Crippen LogP contribution in [0.5, 0.6) is 11.5 Å². The Labute approximate surface area is 451 Å². The van der Waals surface area contributed by atoms with Gasteiger partial charge in [-0.3, -0.25) is 63.3 Å². The van der Waals surface area contributed by atoms with Gasteiger partial charge in [-0.05, 0) is 83.5 Å². The number of carboxylic acid groups (broad SMARTS) is 1. The molecule has 2 saturated heterocycles. The number of fused-ring (bicyclic) bond motifs is 2. The number of carboxylic acids is 1. The van der Waals surface area contributed by atoms with Gasteiger partial charge in [0.05, 0.1) is 41.4 Å². The molecule has 0 bridgehead atoms. The van der Waals surface area contributed by atoms with Crippen molar-refractivity contribution in [2.75, 3.05) is 56.8 Å². The van der Waals surface area contributed by atoms with Crippen LogP contribution in [0.25, 0.3) is 22.1 Å². The number of methoxy groups -OCH3 is 1. The molecule has 9 N–H and O–H groups in total. The number of nitrogens with zero attached hydrogens (tertiary/aromatic N) is 10. The van der Waals surface area contributed by atoms with Gasteiger partial charge < -0.3 is 45.8 Å². The third-order valence-corrected chi connectivity index (χ3v) is 14.3. The number of imidazole rings is 2. The number of thioether (sulfide) groups is 1. The lowest BCUT2D eigenvalue weighted by Gasteiger charge is -2.39. The number of aryl methyl sites for hydroxylation is 4. The van der Waals surface area contributed by atoms with E-state index in [1.807, 2.05) is 26.0 Å². The van der Waals surface area contributed by atoms with Gasteiger partial charge in [-0.2, -0.15) is 10.2 Å². The maximum atomic E-state index is 13.9. The molecule has 78 heavy (non-hydrogen) atoms. The lowest BCUT2D eigenvalue weighted by molar-refractivity contribution is -0.142. The van der Waals surface area contributed by atoms with Crippen LogP contribution in [0, 0.1) is 19.8 Å². The van der Waals surface area contributed by atoms with Crippen molar-refractivity contribution in [2.24, 2.45) is 23.1 Å². The first-order chi connectivity index (χ1) is 37.4. The van der Waals surface area contributed by atoms with E-state index in [4.69, 9.17) is 36.0 Å². The number of carbonyl (C=O) groups is 8. The molecule has 27 heteroatoms. The summed E-state index contributed by atoms with van der Waals surface area (Å²) in [5.41, 5.74) is 19.7. The Bertz CT molecular complexity index is 3320. The number of hydrogen-bond donors (Lipinski definition) is 6. The third-order valence-electron chi connectivity index (χ3n) is 13.0. The van der Waals surface area contributed by atoms with Gasteiger partial charge in [0.25, 0.3) is 11.8 Å². The predicted molar refractivity (Wildman–Crippen MR) is 288 cm³/mol. The largest absolute Gasteiger partial charge is 0.494 e. The number of nitrogens with two attached hydrogens (primary N) is 3. The summed E-state index contributed by atoms with van der Waals surface area (Å²) in [4.78, 5) is 114. The fraction of sp³-hybridized carbons (Fsp3) is 0.412. The van der Waals surface area contributed by atoms with E-state index >= 15 is 0 Å². The van der Waals surface area contributed by atoms with E-state index in [9.17, 15) is 38.4 Å². The Morgan fingerprint density at radius 3 is 1.94 bits per heavy atom. The number of primary amides is 1. The Balaban J connectivity index is 0.00000436. The summed E-state index contributed by atoms with van der Waals surface area (Å²) in [6, 6.07) is 8.34. The van der Waals surface area contributed by atoms with Gasteiger partial charge in [0, 0.05) is 75.5 Å². The van der Waals surface area contributed by atoms with Crippen molar-refractivity contribution in [3.8, 4) is 11.5 Å². The van der Waals surface area contributed by atoms with E-state index < -0.39 is 46.8 Å². The fourth-order valence-corrected chi connectivity index (χ4v) is 10.2. The molecule has 2 aromatic carbocycles. The number of hydrogen-bond acceptors (Lipinski definition) is 17. The number of allylic oxidation sites excluding steroid dienone is 2. The lowest BCUT2D eigenvalue weighted by Crippen LogP contribution is -2.51. The molecular formula is C51H63N15O11S. The summed E-state index contributed by atoms with van der Waals surface area (Å²) >= 11 is 1.02. The first-order valence-electron chi connectivity index (χ1n) is 25.1. The quantitative estimate of drug-likeness (QED) is 0.0288. The lowest BCUT2D eigenvalue weighted by atomic mass is 9.96. The van der Waals surface area contributed by atoms with E-state index in [2.05, 4.69) is 26.6 Å². The molecule has 0 saturated carbocycles. The van der Waals surface area contributed by atoms with Crippen LogP contribution in [0.4, 0.5) is 11.9 Å². The maximum Gasteiger partial charge on any atom is 0.321 e. The van der Waals surface area contributed by atoms with Crippen molar-refractivity contribution in [3.05, 3.63) is 82.5 Å². The first kappa shape index (κ1) is 57.3. The molecule has 2 atom stereocenters. The smallest absolute Gasteiger partial charge is 0.321 e. The molecule has 4 aromatic heterocycles. The van der Waals surface area contributed by atoms with E-state index in [1.54, 1.807) is 61.5 Å². The molecule has 414 valence electrons. The van der Waals surface area contributed by atoms with Gasteiger partial charge in [0.1, 0.15) is 46.2 Å². The standard InChI is InChI=1S/C50H58N14O11S.CH5N/c1-6-63-35(16-27(3)57-63)45(69)55-49-53-33-18-30(25-65)19-38(75-15-11-29-23-59(24-29)40(66)10-14-60-41(67)22-39(47(60)71)76-26-32(51)48(72)73)43(33)62(49)13-9-8-12-61-42-34(20-31(44(52)68)21-37(42)74-5)54-50(61)56-46(70)36-17-28(4)58-64(36)7-2;1-2/h8-9,16-21,25,29,32,39H,6-7,10-15,22-24,26,51H2,1-5H3,(H2,52,68)(H,72,73)(H,53,55,69)(H,54,56,70);2H2,1H3/b9-8+;. The highest BCUT2D eigenvalue weighted by atomic mass is 32.2.